The van der Waals surface area contributed by atoms with Crippen molar-refractivity contribution in [3.8, 4) is 5.75 Å². The van der Waals surface area contributed by atoms with Crippen LogP contribution in [0.3, 0.4) is 0 Å². The summed E-state index contributed by atoms with van der Waals surface area (Å²) >= 11 is 0. The van der Waals surface area contributed by atoms with Gasteiger partial charge in [0.05, 0.1) is 24.0 Å². The average Bonchev–Trinajstić information content (AvgIpc) is 2.89. The number of hydrogen-bond acceptors (Lipinski definition) is 7. The molecule has 10 heteroatoms. The lowest BCUT2D eigenvalue weighted by Gasteiger charge is -2.36. The summed E-state index contributed by atoms with van der Waals surface area (Å²) in [5.41, 5.74) is 1.70. The van der Waals surface area contributed by atoms with Gasteiger partial charge >= 0.3 is 12.1 Å². The molecule has 1 unspecified atom stereocenters. The van der Waals surface area contributed by atoms with E-state index in [0.717, 1.165) is 11.1 Å². The third kappa shape index (κ3) is 7.19. The van der Waals surface area contributed by atoms with Gasteiger partial charge in [-0.05, 0) is 61.7 Å². The number of nitrogens with one attached hydrogen (secondary N) is 1. The first-order valence-electron chi connectivity index (χ1n) is 12.9. The Balaban J connectivity index is 1.47. The number of carbonyl (C=O) groups excluding carboxylic acids is 2. The van der Waals surface area contributed by atoms with E-state index < -0.39 is 39.6 Å². The van der Waals surface area contributed by atoms with Gasteiger partial charge in [-0.15, -0.1) is 0 Å². The van der Waals surface area contributed by atoms with Gasteiger partial charge in [0.2, 0.25) is 10.0 Å². The van der Waals surface area contributed by atoms with Crippen LogP contribution in [0, 0.1) is 5.92 Å². The van der Waals surface area contributed by atoms with Crippen LogP contribution in [0.2, 0.25) is 0 Å². The maximum absolute atomic E-state index is 13.0. The molecule has 1 fully saturated rings. The van der Waals surface area contributed by atoms with Crippen molar-refractivity contribution in [2.75, 3.05) is 20.2 Å². The van der Waals surface area contributed by atoms with Crippen LogP contribution in [0.25, 0.3) is 0 Å². The van der Waals surface area contributed by atoms with E-state index in [0.29, 0.717) is 11.3 Å². The van der Waals surface area contributed by atoms with Crippen molar-refractivity contribution >= 4 is 22.1 Å². The van der Waals surface area contributed by atoms with Gasteiger partial charge in [0.15, 0.2) is 0 Å². The topological polar surface area (TPSA) is 111 Å². The van der Waals surface area contributed by atoms with Crippen LogP contribution in [0.5, 0.6) is 5.75 Å². The Labute approximate surface area is 235 Å². The fourth-order valence-electron chi connectivity index (χ4n) is 4.28. The normalized spacial score (nSPS) is 15.0. The molecule has 4 rings (SSSR count). The summed E-state index contributed by atoms with van der Waals surface area (Å²) in [5.74, 6) is -0.295. The summed E-state index contributed by atoms with van der Waals surface area (Å²) in [5, 5.41) is 2.95. The second-order valence-corrected chi connectivity index (χ2v) is 12.5. The van der Waals surface area contributed by atoms with Crippen LogP contribution >= 0.6 is 0 Å². The lowest BCUT2D eigenvalue weighted by molar-refractivity contribution is -0.149. The van der Waals surface area contributed by atoms with E-state index in [1.807, 2.05) is 48.5 Å². The summed E-state index contributed by atoms with van der Waals surface area (Å²) in [6, 6.07) is 23.0. The number of benzene rings is 3. The molecule has 0 spiro atoms. The molecule has 9 nitrogen and oxygen atoms in total. The number of nitrogens with zero attached hydrogens (tertiary/aromatic N) is 1. The highest BCUT2D eigenvalue weighted by molar-refractivity contribution is 7.89. The Hall–Kier alpha value is -3.89. The van der Waals surface area contributed by atoms with E-state index in [4.69, 9.17) is 14.2 Å². The van der Waals surface area contributed by atoms with Gasteiger partial charge in [-0.2, -0.15) is 4.31 Å². The number of methoxy groups -OCH3 is 1. The lowest BCUT2D eigenvalue weighted by Crippen LogP contribution is -2.53. The average molecular weight is 567 g/mol. The van der Waals surface area contributed by atoms with Gasteiger partial charge in [0.25, 0.3) is 0 Å². The van der Waals surface area contributed by atoms with Crippen molar-refractivity contribution in [2.24, 2.45) is 5.92 Å². The Kier molecular flexibility index (Phi) is 8.80. The predicted octanol–water partition coefficient (Wildman–Crippen LogP) is 4.67. The number of carbonyl (C=O) groups is 2. The maximum Gasteiger partial charge on any atom is 0.408 e. The first-order chi connectivity index (χ1) is 19.0. The van der Waals surface area contributed by atoms with E-state index in [1.54, 1.807) is 45.0 Å². The van der Waals surface area contributed by atoms with Gasteiger partial charge in [-0.3, -0.25) is 4.79 Å². The maximum atomic E-state index is 13.0. The van der Waals surface area contributed by atoms with Gasteiger partial charge in [0, 0.05) is 13.1 Å². The highest BCUT2D eigenvalue weighted by atomic mass is 32.2. The summed E-state index contributed by atoms with van der Waals surface area (Å²) in [6.07, 6.45) is -0.536. The number of ether oxygens (including phenoxy) is 3. The SMILES string of the molecule is COC(=O)C1CN(S(=O)(=O)c2cccc(COc3cccc(C(NC(=O)OC(C)(C)C)c4ccccc4)c3)c2)C1. The largest absolute Gasteiger partial charge is 0.489 e. The minimum Gasteiger partial charge on any atom is -0.489 e. The van der Waals surface area contributed by atoms with Gasteiger partial charge < -0.3 is 19.5 Å². The van der Waals surface area contributed by atoms with Crippen molar-refractivity contribution in [2.45, 2.75) is 43.9 Å². The molecular formula is C30H34N2O7S. The molecule has 1 amide bonds. The van der Waals surface area contributed by atoms with Crippen LogP contribution in [0.4, 0.5) is 4.79 Å². The molecule has 1 aliphatic rings. The van der Waals surface area contributed by atoms with Crippen molar-refractivity contribution < 1.29 is 32.2 Å². The zero-order chi connectivity index (χ0) is 28.9. The minimum atomic E-state index is -3.74. The lowest BCUT2D eigenvalue weighted by atomic mass is 9.98. The molecule has 1 N–H and O–H groups in total. The number of rotatable bonds is 9. The third-order valence-corrected chi connectivity index (χ3v) is 8.14. The Morgan fingerprint density at radius 3 is 2.30 bits per heavy atom. The minimum absolute atomic E-state index is 0.0996. The highest BCUT2D eigenvalue weighted by Crippen LogP contribution is 2.28. The molecule has 40 heavy (non-hydrogen) atoms. The zero-order valence-corrected chi connectivity index (χ0v) is 23.8. The highest BCUT2D eigenvalue weighted by Gasteiger charge is 2.41. The molecule has 1 aliphatic heterocycles. The van der Waals surface area contributed by atoms with E-state index in [-0.39, 0.29) is 24.6 Å². The Morgan fingerprint density at radius 1 is 0.950 bits per heavy atom. The van der Waals surface area contributed by atoms with Gasteiger partial charge in [-0.1, -0.05) is 54.6 Å². The van der Waals surface area contributed by atoms with Gasteiger partial charge in [0.1, 0.15) is 18.0 Å². The van der Waals surface area contributed by atoms with E-state index in [9.17, 15) is 18.0 Å². The van der Waals surface area contributed by atoms with Crippen LogP contribution < -0.4 is 10.1 Å². The van der Waals surface area contributed by atoms with E-state index in [2.05, 4.69) is 5.32 Å². The van der Waals surface area contributed by atoms with Gasteiger partial charge in [-0.25, -0.2) is 13.2 Å². The summed E-state index contributed by atoms with van der Waals surface area (Å²) in [4.78, 5) is 24.4. The fourth-order valence-corrected chi connectivity index (χ4v) is 5.88. The van der Waals surface area contributed by atoms with E-state index in [1.165, 1.54) is 17.5 Å². The van der Waals surface area contributed by atoms with Crippen molar-refractivity contribution in [3.05, 3.63) is 95.6 Å². The van der Waals surface area contributed by atoms with Crippen LogP contribution in [0.15, 0.2) is 83.8 Å². The second kappa shape index (κ2) is 12.1. The van der Waals surface area contributed by atoms with E-state index >= 15 is 0 Å². The second-order valence-electron chi connectivity index (χ2n) is 10.5. The molecule has 0 radical (unpaired) electrons. The molecule has 0 aliphatic carbocycles. The molecule has 0 aromatic heterocycles. The number of esters is 1. The fraction of sp³-hybridized carbons (Fsp3) is 0.333. The monoisotopic (exact) mass is 566 g/mol. The Bertz CT molecular complexity index is 1450. The predicted molar refractivity (Wildman–Crippen MR) is 149 cm³/mol. The molecule has 1 heterocycles. The number of amides is 1. The first kappa shape index (κ1) is 29.1. The summed E-state index contributed by atoms with van der Waals surface area (Å²) in [7, 11) is -2.45. The number of alkyl carbamates (subject to hydrolysis) is 1. The molecule has 3 aromatic carbocycles. The quantitative estimate of drug-likeness (QED) is 0.375. The van der Waals surface area contributed by atoms with Crippen LogP contribution in [-0.4, -0.2) is 50.6 Å². The molecule has 3 aromatic rings. The van der Waals surface area contributed by atoms with Crippen molar-refractivity contribution in [1.82, 2.24) is 9.62 Å². The number of hydrogen-bond donors (Lipinski definition) is 1. The molecule has 0 bridgehead atoms. The summed E-state index contributed by atoms with van der Waals surface area (Å²) in [6.45, 7) is 5.75. The van der Waals surface area contributed by atoms with Crippen molar-refractivity contribution in [1.29, 1.82) is 0 Å². The molecule has 212 valence electrons. The van der Waals surface area contributed by atoms with Crippen LogP contribution in [-0.2, 0) is 30.9 Å². The third-order valence-electron chi connectivity index (χ3n) is 6.31. The molecular weight excluding hydrogens is 532 g/mol. The zero-order valence-electron chi connectivity index (χ0n) is 23.0. The number of sulfonamides is 1. The Morgan fingerprint density at radius 2 is 1.62 bits per heavy atom. The smallest absolute Gasteiger partial charge is 0.408 e. The first-order valence-corrected chi connectivity index (χ1v) is 14.3. The molecule has 1 saturated heterocycles. The summed E-state index contributed by atoms with van der Waals surface area (Å²) < 4.78 is 43.5. The standard InChI is InChI=1S/C30H34N2O7S/c1-30(2,3)39-29(34)31-27(22-11-6-5-7-12-22)23-13-9-14-25(17-23)38-20-21-10-8-15-26(16-21)40(35,36)32-18-24(19-32)28(33)37-4/h5-17,24,27H,18-20H2,1-4H3,(H,31,34). The molecule has 0 saturated carbocycles. The van der Waals surface area contributed by atoms with Crippen LogP contribution in [0.1, 0.15) is 43.5 Å². The molecule has 1 atom stereocenters. The van der Waals surface area contributed by atoms with Crippen molar-refractivity contribution in [3.63, 3.8) is 0 Å².